The first-order valence-corrected chi connectivity index (χ1v) is 17.8. The lowest BCUT2D eigenvalue weighted by Gasteiger charge is -2.73. The Morgan fingerprint density at radius 1 is 0.783 bits per heavy atom. The molecule has 0 spiro atoms. The van der Waals surface area contributed by atoms with E-state index in [4.69, 9.17) is 4.74 Å². The van der Waals surface area contributed by atoms with Gasteiger partial charge in [0.15, 0.2) is 6.10 Å². The van der Waals surface area contributed by atoms with Crippen LogP contribution in [0.3, 0.4) is 0 Å². The van der Waals surface area contributed by atoms with E-state index in [-0.39, 0.29) is 45.3 Å². The summed E-state index contributed by atoms with van der Waals surface area (Å²) in [5, 5.41) is 63.5. The monoisotopic (exact) mass is 646 g/mol. The molecule has 5 aliphatic carbocycles. The zero-order chi connectivity index (χ0) is 33.9. The third kappa shape index (κ3) is 4.36. The Balaban J connectivity index is 1.29. The second-order valence-electron chi connectivity index (χ2n) is 17.9. The summed E-state index contributed by atoms with van der Waals surface area (Å²) in [6.45, 7) is 18.2. The third-order valence-electron chi connectivity index (χ3n) is 16.2. The maximum atomic E-state index is 13.0. The highest BCUT2D eigenvalue weighted by Crippen LogP contribution is 2.78. The second kappa shape index (κ2) is 11.0. The minimum absolute atomic E-state index is 0.00885. The SMILES string of the molecule is C=C(C)[C@@H]1CC[C@]2(C(=O)O)CC[C@]3(C)C(CCC4[C@@]5(C)CC[C@@H](C(O)[C@@H]6OC(C(=O)O)[C@@H](O)C(O)C6O)C(C)(C)C5CC[C@]43C)C12. The van der Waals surface area contributed by atoms with Crippen molar-refractivity contribution >= 4 is 11.9 Å². The van der Waals surface area contributed by atoms with Crippen LogP contribution in [0.2, 0.25) is 0 Å². The number of carbonyl (C=O) groups is 2. The quantitative estimate of drug-likeness (QED) is 0.234. The third-order valence-corrected chi connectivity index (χ3v) is 16.2. The summed E-state index contributed by atoms with van der Waals surface area (Å²) < 4.78 is 5.61. The van der Waals surface area contributed by atoms with E-state index >= 15 is 0 Å². The van der Waals surface area contributed by atoms with Crippen LogP contribution in [0.5, 0.6) is 0 Å². The molecule has 5 saturated carbocycles. The first-order chi connectivity index (χ1) is 21.3. The summed E-state index contributed by atoms with van der Waals surface area (Å²) in [6, 6.07) is 0. The van der Waals surface area contributed by atoms with Crippen molar-refractivity contribution in [1.82, 2.24) is 0 Å². The first-order valence-electron chi connectivity index (χ1n) is 17.8. The van der Waals surface area contributed by atoms with Gasteiger partial charge in [-0.3, -0.25) is 4.79 Å². The van der Waals surface area contributed by atoms with Gasteiger partial charge in [-0.1, -0.05) is 46.8 Å². The van der Waals surface area contributed by atoms with Crippen molar-refractivity contribution in [3.05, 3.63) is 12.2 Å². The van der Waals surface area contributed by atoms with Crippen LogP contribution in [-0.2, 0) is 14.3 Å². The maximum absolute atomic E-state index is 13.0. The molecule has 6 aliphatic rings. The maximum Gasteiger partial charge on any atom is 0.335 e. The molecule has 6 fully saturated rings. The van der Waals surface area contributed by atoms with Crippen LogP contribution in [0.15, 0.2) is 12.2 Å². The Kier molecular flexibility index (Phi) is 8.21. The molecule has 8 unspecified atom stereocenters. The Labute approximate surface area is 273 Å². The van der Waals surface area contributed by atoms with E-state index in [0.717, 1.165) is 63.4 Å². The highest BCUT2D eigenvalue weighted by Gasteiger charge is 2.72. The molecular weight excluding hydrogens is 588 g/mol. The van der Waals surface area contributed by atoms with Gasteiger partial charge in [0.1, 0.15) is 24.4 Å². The molecule has 0 aromatic rings. The number of fused-ring (bicyclic) bond motifs is 7. The summed E-state index contributed by atoms with van der Waals surface area (Å²) in [4.78, 5) is 24.7. The molecule has 0 amide bonds. The topological polar surface area (TPSA) is 165 Å². The molecule has 6 N–H and O–H groups in total. The van der Waals surface area contributed by atoms with E-state index in [1.54, 1.807) is 0 Å². The molecule has 0 aromatic carbocycles. The lowest BCUT2D eigenvalue weighted by molar-refractivity contribution is -0.270. The van der Waals surface area contributed by atoms with E-state index in [1.807, 2.05) is 0 Å². The summed E-state index contributed by atoms with van der Waals surface area (Å²) >= 11 is 0. The minimum Gasteiger partial charge on any atom is -0.481 e. The van der Waals surface area contributed by atoms with E-state index in [9.17, 15) is 40.2 Å². The number of hydrogen-bond donors (Lipinski definition) is 6. The molecule has 1 heterocycles. The Hall–Kier alpha value is -1.52. The summed E-state index contributed by atoms with van der Waals surface area (Å²) in [6.07, 6.45) is -0.504. The normalized spacial score (nSPS) is 53.6. The number of allylic oxidation sites excluding steroid dienone is 1. The number of aliphatic hydroxyl groups is 4. The number of carboxylic acids is 2. The summed E-state index contributed by atoms with van der Waals surface area (Å²) in [7, 11) is 0. The van der Waals surface area contributed by atoms with Crippen molar-refractivity contribution < 1.29 is 45.0 Å². The molecule has 46 heavy (non-hydrogen) atoms. The summed E-state index contributed by atoms with van der Waals surface area (Å²) in [5.41, 5.74) is 0.126. The number of aliphatic hydroxyl groups excluding tert-OH is 4. The minimum atomic E-state index is -1.79. The zero-order valence-electron chi connectivity index (χ0n) is 28.6. The van der Waals surface area contributed by atoms with Gasteiger partial charge in [0.25, 0.3) is 0 Å². The fourth-order valence-electron chi connectivity index (χ4n) is 13.8. The van der Waals surface area contributed by atoms with Gasteiger partial charge in [0, 0.05) is 0 Å². The Morgan fingerprint density at radius 2 is 1.46 bits per heavy atom. The van der Waals surface area contributed by atoms with Crippen molar-refractivity contribution in [3.8, 4) is 0 Å². The molecule has 6 rings (SSSR count). The smallest absolute Gasteiger partial charge is 0.335 e. The summed E-state index contributed by atoms with van der Waals surface area (Å²) in [5.74, 6) is -0.967. The van der Waals surface area contributed by atoms with Crippen molar-refractivity contribution in [2.75, 3.05) is 0 Å². The van der Waals surface area contributed by atoms with Gasteiger partial charge >= 0.3 is 11.9 Å². The average Bonchev–Trinajstić information content (AvgIpc) is 3.37. The van der Waals surface area contributed by atoms with Gasteiger partial charge in [-0.05, 0) is 128 Å². The zero-order valence-corrected chi connectivity index (χ0v) is 28.6. The second-order valence-corrected chi connectivity index (χ2v) is 17.9. The molecule has 9 heteroatoms. The molecule has 0 aromatic heterocycles. The van der Waals surface area contributed by atoms with Crippen LogP contribution in [0.4, 0.5) is 0 Å². The Bertz CT molecular complexity index is 1270. The largest absolute Gasteiger partial charge is 0.481 e. The van der Waals surface area contributed by atoms with Gasteiger partial charge in [0.2, 0.25) is 0 Å². The van der Waals surface area contributed by atoms with Crippen LogP contribution in [-0.4, -0.2) is 79.2 Å². The molecular formula is C37H58O9. The highest BCUT2D eigenvalue weighted by molar-refractivity contribution is 5.76. The molecule has 9 nitrogen and oxygen atoms in total. The predicted octanol–water partition coefficient (Wildman–Crippen LogP) is 4.64. The van der Waals surface area contributed by atoms with Gasteiger partial charge in [-0.15, -0.1) is 0 Å². The fourth-order valence-corrected chi connectivity index (χ4v) is 13.8. The van der Waals surface area contributed by atoms with Gasteiger partial charge in [0.05, 0.1) is 11.5 Å². The predicted molar refractivity (Wildman–Crippen MR) is 170 cm³/mol. The van der Waals surface area contributed by atoms with Crippen LogP contribution >= 0.6 is 0 Å². The fraction of sp³-hybridized carbons (Fsp3) is 0.892. The lowest BCUT2D eigenvalue weighted by Crippen LogP contribution is -2.68. The van der Waals surface area contributed by atoms with Crippen LogP contribution in [0, 0.1) is 62.6 Å². The van der Waals surface area contributed by atoms with E-state index in [0.29, 0.717) is 18.3 Å². The molecule has 0 bridgehead atoms. The number of carboxylic acid groups (broad SMARTS) is 2. The highest BCUT2D eigenvalue weighted by atomic mass is 16.6. The van der Waals surface area contributed by atoms with Gasteiger partial charge in [-0.2, -0.15) is 0 Å². The van der Waals surface area contributed by atoms with Crippen molar-refractivity contribution in [1.29, 1.82) is 0 Å². The first kappa shape index (κ1) is 34.3. The number of ether oxygens (including phenoxy) is 1. The van der Waals surface area contributed by atoms with Crippen molar-refractivity contribution in [2.24, 2.45) is 62.6 Å². The van der Waals surface area contributed by atoms with Gasteiger partial charge < -0.3 is 35.4 Å². The number of aliphatic carboxylic acids is 2. The van der Waals surface area contributed by atoms with Crippen molar-refractivity contribution in [2.45, 2.75) is 142 Å². The molecule has 16 atom stereocenters. The van der Waals surface area contributed by atoms with E-state index in [2.05, 4.69) is 48.1 Å². The molecule has 260 valence electrons. The molecule has 1 saturated heterocycles. The van der Waals surface area contributed by atoms with Crippen LogP contribution in [0.25, 0.3) is 0 Å². The van der Waals surface area contributed by atoms with E-state index < -0.39 is 54.0 Å². The molecule has 1 aliphatic heterocycles. The van der Waals surface area contributed by atoms with Gasteiger partial charge in [-0.25, -0.2) is 4.79 Å². The van der Waals surface area contributed by atoms with Crippen LogP contribution < -0.4 is 0 Å². The molecule has 0 radical (unpaired) electrons. The Morgan fingerprint density at radius 3 is 2.07 bits per heavy atom. The standard InChI is InChI=1S/C37H58O9/c1-18(2)19-10-15-37(32(44)45)17-16-35(6)20(24(19)37)8-9-23-34(5)13-11-21(33(3,4)22(34)12-14-36(23,35)7)25(38)29-27(40)26(39)28(41)30(46-29)31(42)43/h19-30,38-41H,1,8-17H2,2-7H3,(H,42,43)(H,44,45)/t19-,20?,21-,22?,23?,24?,25?,26?,27?,28-,29-,30?,34-,35+,36+,37-/m0/s1. The number of hydrogen-bond acceptors (Lipinski definition) is 7. The van der Waals surface area contributed by atoms with E-state index in [1.165, 1.54) is 0 Å². The average molecular weight is 647 g/mol. The number of rotatable bonds is 5. The van der Waals surface area contributed by atoms with Crippen LogP contribution in [0.1, 0.15) is 106 Å². The van der Waals surface area contributed by atoms with Crippen molar-refractivity contribution in [3.63, 3.8) is 0 Å². The lowest BCUT2D eigenvalue weighted by atomic mass is 9.31.